The summed E-state index contributed by atoms with van der Waals surface area (Å²) < 4.78 is 33.6. The Balaban J connectivity index is 0.760. The molecule has 0 bridgehead atoms. The van der Waals surface area contributed by atoms with Crippen molar-refractivity contribution in [2.45, 2.75) is 28.7 Å². The Bertz CT molecular complexity index is 1840. The van der Waals surface area contributed by atoms with Gasteiger partial charge in [0, 0.05) is 28.3 Å². The fourth-order valence-corrected chi connectivity index (χ4v) is 6.64. The maximum Gasteiger partial charge on any atom is 0.270 e. The van der Waals surface area contributed by atoms with Crippen LogP contribution in [0.5, 0.6) is 11.5 Å². The van der Waals surface area contributed by atoms with Crippen LogP contribution in [-0.2, 0) is 28.5 Å². The van der Waals surface area contributed by atoms with Crippen LogP contribution in [0.15, 0.2) is 64.4 Å². The number of nitrogens with zero attached hydrogens (tertiary/aromatic N) is 2. The molecule has 274 valence electrons. The van der Waals surface area contributed by atoms with E-state index in [0.717, 1.165) is 26.1 Å². The van der Waals surface area contributed by atoms with E-state index in [2.05, 4.69) is 10.6 Å². The number of nitrogens with one attached hydrogen (secondary N) is 2. The number of benzene rings is 3. The van der Waals surface area contributed by atoms with Crippen LogP contribution in [0, 0.1) is 10.1 Å². The summed E-state index contributed by atoms with van der Waals surface area (Å²) in [5, 5.41) is 16.6. The summed E-state index contributed by atoms with van der Waals surface area (Å²) in [5.74, 6) is -1.19. The third kappa shape index (κ3) is 9.04. The van der Waals surface area contributed by atoms with E-state index in [1.54, 1.807) is 18.2 Å². The second-order valence-electron chi connectivity index (χ2n) is 11.6. The van der Waals surface area contributed by atoms with Crippen molar-refractivity contribution < 1.29 is 52.5 Å². The molecule has 16 nitrogen and oxygen atoms in total. The van der Waals surface area contributed by atoms with Crippen molar-refractivity contribution >= 4 is 52.5 Å². The molecule has 3 heterocycles. The molecule has 0 aromatic heterocycles. The number of hydrogen-bond acceptors (Lipinski definition) is 14. The maximum absolute atomic E-state index is 12.9. The van der Waals surface area contributed by atoms with Gasteiger partial charge in [0.05, 0.1) is 80.3 Å². The zero-order valence-corrected chi connectivity index (χ0v) is 28.8. The fraction of sp³-hybridized carbons (Fsp3) is 0.371. The van der Waals surface area contributed by atoms with Crippen molar-refractivity contribution in [2.75, 3.05) is 71.4 Å². The molecular weight excluding hydrogens is 700 g/mol. The van der Waals surface area contributed by atoms with Crippen molar-refractivity contribution in [2.24, 2.45) is 0 Å². The van der Waals surface area contributed by atoms with Gasteiger partial charge in [0.1, 0.15) is 30.8 Å². The molecule has 0 saturated carbocycles. The summed E-state index contributed by atoms with van der Waals surface area (Å²) in [6.45, 7) is 3.53. The van der Waals surface area contributed by atoms with E-state index in [-0.39, 0.29) is 42.9 Å². The van der Waals surface area contributed by atoms with E-state index in [1.165, 1.54) is 30.0 Å². The van der Waals surface area contributed by atoms with Crippen molar-refractivity contribution in [3.8, 4) is 11.5 Å². The van der Waals surface area contributed by atoms with Crippen LogP contribution in [0.4, 0.5) is 17.1 Å². The quantitative estimate of drug-likeness (QED) is 0.0612. The normalized spacial score (nSPS) is 16.2. The molecule has 0 aliphatic carbocycles. The summed E-state index contributed by atoms with van der Waals surface area (Å²) in [7, 11) is 0. The Morgan fingerprint density at radius 1 is 0.673 bits per heavy atom. The van der Waals surface area contributed by atoms with Gasteiger partial charge in [-0.25, -0.2) is 0 Å². The third-order valence-corrected chi connectivity index (χ3v) is 9.25. The van der Waals surface area contributed by atoms with Crippen LogP contribution in [-0.4, -0.2) is 106 Å². The number of nitro benzene ring substituents is 1. The van der Waals surface area contributed by atoms with Crippen LogP contribution in [0.25, 0.3) is 0 Å². The van der Waals surface area contributed by atoms with E-state index in [0.29, 0.717) is 64.4 Å². The lowest BCUT2D eigenvalue weighted by atomic mass is 10.0. The number of ether oxygens (including phenoxy) is 6. The number of non-ortho nitro benzene ring substituents is 1. The second kappa shape index (κ2) is 17.4. The highest BCUT2D eigenvalue weighted by Gasteiger charge is 2.44. The van der Waals surface area contributed by atoms with Crippen molar-refractivity contribution in [1.29, 1.82) is 0 Å². The number of carbonyl (C=O) groups excluding carboxylic acids is 4. The number of anilines is 2. The van der Waals surface area contributed by atoms with E-state index in [1.807, 2.05) is 18.2 Å². The van der Waals surface area contributed by atoms with Gasteiger partial charge in [-0.3, -0.25) is 39.5 Å². The van der Waals surface area contributed by atoms with Gasteiger partial charge >= 0.3 is 0 Å². The number of amides is 4. The minimum atomic E-state index is -1.02. The lowest BCUT2D eigenvalue weighted by Crippen LogP contribution is -2.54. The predicted molar refractivity (Wildman–Crippen MR) is 184 cm³/mol. The molecule has 4 amide bonds. The molecule has 1 unspecified atom stereocenters. The smallest absolute Gasteiger partial charge is 0.270 e. The minimum absolute atomic E-state index is 0.0451. The van der Waals surface area contributed by atoms with Gasteiger partial charge in [0.25, 0.3) is 17.5 Å². The lowest BCUT2D eigenvalue weighted by molar-refractivity contribution is -0.385. The molecule has 3 aromatic rings. The zero-order chi connectivity index (χ0) is 36.5. The lowest BCUT2D eigenvalue weighted by Gasteiger charge is -2.27. The summed E-state index contributed by atoms with van der Waals surface area (Å²) in [6.07, 6.45) is 0.147. The van der Waals surface area contributed by atoms with Crippen molar-refractivity contribution in [3.63, 3.8) is 0 Å². The van der Waals surface area contributed by atoms with Gasteiger partial charge in [0.2, 0.25) is 11.8 Å². The molecular formula is C35H36N4O12S. The fourth-order valence-electron chi connectivity index (χ4n) is 5.59. The molecule has 1 saturated heterocycles. The topological polar surface area (TPSA) is 194 Å². The summed E-state index contributed by atoms with van der Waals surface area (Å²) in [5.41, 5.74) is 2.11. The first-order valence-electron chi connectivity index (χ1n) is 16.6. The van der Waals surface area contributed by atoms with Gasteiger partial charge in [-0.1, -0.05) is 11.8 Å². The van der Waals surface area contributed by atoms with E-state index in [9.17, 15) is 29.3 Å². The average Bonchev–Trinajstić information content (AvgIpc) is 3.38. The van der Waals surface area contributed by atoms with Crippen LogP contribution in [0.1, 0.15) is 33.6 Å². The molecule has 6 rings (SSSR count). The minimum Gasteiger partial charge on any atom is -0.491 e. The molecule has 0 radical (unpaired) electrons. The first-order chi connectivity index (χ1) is 25.3. The standard InChI is InChI=1S/C35H36N4O12S/c40-32-8-7-29(33(41)37-32)38-34(42)25-4-2-23(20-26(25)35(38)43)50-17-15-48-13-11-46-9-10-47-12-14-49-16-18-51-24-3-6-28-31(21-24)52-30-19-22(39(44)45)1-5-27(30)36-28/h1-6,19-21,29,36H,7-18H2,(H,37,40,41). The summed E-state index contributed by atoms with van der Waals surface area (Å²) in [6, 6.07) is 13.9. The number of carbonyl (C=O) groups is 4. The van der Waals surface area contributed by atoms with Gasteiger partial charge in [-0.2, -0.15) is 0 Å². The molecule has 3 aliphatic heterocycles. The van der Waals surface area contributed by atoms with E-state index in [4.69, 9.17) is 28.4 Å². The Morgan fingerprint density at radius 2 is 1.21 bits per heavy atom. The average molecular weight is 737 g/mol. The van der Waals surface area contributed by atoms with E-state index >= 15 is 0 Å². The summed E-state index contributed by atoms with van der Waals surface area (Å²) in [4.78, 5) is 62.7. The first kappa shape index (κ1) is 36.7. The Labute approximate surface area is 302 Å². The molecule has 52 heavy (non-hydrogen) atoms. The number of rotatable bonds is 19. The number of imide groups is 2. The van der Waals surface area contributed by atoms with Crippen LogP contribution < -0.4 is 20.1 Å². The van der Waals surface area contributed by atoms with Crippen LogP contribution >= 0.6 is 11.8 Å². The number of piperidine rings is 1. The molecule has 1 fully saturated rings. The highest BCUT2D eigenvalue weighted by molar-refractivity contribution is 7.99. The largest absolute Gasteiger partial charge is 0.491 e. The summed E-state index contributed by atoms with van der Waals surface area (Å²) >= 11 is 1.45. The number of hydrogen-bond donors (Lipinski definition) is 2. The maximum atomic E-state index is 12.9. The van der Waals surface area contributed by atoms with Crippen molar-refractivity contribution in [3.05, 3.63) is 75.8 Å². The van der Waals surface area contributed by atoms with Gasteiger partial charge in [-0.05, 0) is 48.9 Å². The van der Waals surface area contributed by atoms with Crippen molar-refractivity contribution in [1.82, 2.24) is 10.2 Å². The number of nitro groups is 1. The first-order valence-corrected chi connectivity index (χ1v) is 17.4. The molecule has 3 aliphatic rings. The molecule has 17 heteroatoms. The van der Waals surface area contributed by atoms with Gasteiger partial charge in [-0.15, -0.1) is 0 Å². The SMILES string of the molecule is O=C1CCC(N2C(=O)c3ccc(OCCOCCOCCOCCOCCOc4ccc5c(c4)Sc4cc([N+](=O)[O-])ccc4N5)cc3C2=O)C(=O)N1. The van der Waals surface area contributed by atoms with Crippen LogP contribution in [0.2, 0.25) is 0 Å². The van der Waals surface area contributed by atoms with Gasteiger partial charge in [0.15, 0.2) is 0 Å². The van der Waals surface area contributed by atoms with Gasteiger partial charge < -0.3 is 33.7 Å². The Kier molecular flexibility index (Phi) is 12.3. The Morgan fingerprint density at radius 3 is 1.83 bits per heavy atom. The van der Waals surface area contributed by atoms with E-state index < -0.39 is 34.6 Å². The predicted octanol–water partition coefficient (Wildman–Crippen LogP) is 3.73. The monoisotopic (exact) mass is 736 g/mol. The third-order valence-electron chi connectivity index (χ3n) is 8.14. The second-order valence-corrected chi connectivity index (χ2v) is 12.7. The molecule has 3 aromatic carbocycles. The zero-order valence-electron chi connectivity index (χ0n) is 28.0. The molecule has 0 spiro atoms. The Hall–Kier alpha value is -5.07. The van der Waals surface area contributed by atoms with Crippen LogP contribution in [0.3, 0.4) is 0 Å². The highest BCUT2D eigenvalue weighted by atomic mass is 32.2. The molecule has 2 N–H and O–H groups in total. The molecule has 1 atom stereocenters. The number of fused-ring (bicyclic) bond motifs is 3. The highest BCUT2D eigenvalue weighted by Crippen LogP contribution is 2.46.